The first-order valence-corrected chi connectivity index (χ1v) is 12.7. The fraction of sp³-hybridized carbons (Fsp3) is 0.778. The first kappa shape index (κ1) is 25.5. The van der Waals surface area contributed by atoms with Gasteiger partial charge in [-0.15, -0.1) is 0 Å². The van der Waals surface area contributed by atoms with E-state index >= 15 is 0 Å². The number of halogens is 4. The summed E-state index contributed by atoms with van der Waals surface area (Å²) in [6, 6.07) is 3.52. The molecule has 1 aromatic carbocycles. The SMILES string of the molecule is COCCCCCCCC1CCC(C2CCC(c3ccc(C(F)(F)F)c(F)c3)CC2)CC1. The Bertz CT molecular complexity index is 671. The molecule has 5 heteroatoms. The predicted molar refractivity (Wildman–Crippen MR) is 121 cm³/mol. The van der Waals surface area contributed by atoms with Crippen molar-refractivity contribution in [2.45, 2.75) is 102 Å². The third-order valence-corrected chi connectivity index (χ3v) is 8.06. The Morgan fingerprint density at radius 2 is 1.41 bits per heavy atom. The van der Waals surface area contributed by atoms with Crippen molar-refractivity contribution in [1.82, 2.24) is 0 Å². The third-order valence-electron chi connectivity index (χ3n) is 8.06. The van der Waals surface area contributed by atoms with Crippen LogP contribution in [-0.2, 0) is 10.9 Å². The molecule has 0 bridgehead atoms. The van der Waals surface area contributed by atoms with Gasteiger partial charge in [0.2, 0.25) is 0 Å². The lowest BCUT2D eigenvalue weighted by Crippen LogP contribution is -2.25. The average Bonchev–Trinajstić information content (AvgIpc) is 2.78. The van der Waals surface area contributed by atoms with Crippen LogP contribution in [0.25, 0.3) is 0 Å². The molecule has 2 saturated carbocycles. The van der Waals surface area contributed by atoms with Crippen molar-refractivity contribution in [3.8, 4) is 0 Å². The van der Waals surface area contributed by atoms with Crippen molar-refractivity contribution in [3.05, 3.63) is 35.1 Å². The lowest BCUT2D eigenvalue weighted by atomic mass is 9.68. The Morgan fingerprint density at radius 3 is 2.00 bits per heavy atom. The topological polar surface area (TPSA) is 9.23 Å². The standard InChI is InChI=1S/C27H40F4O/c1-32-18-6-4-2-3-5-7-20-8-10-21(11-9-20)22-12-14-23(15-13-22)24-16-17-25(26(28)19-24)27(29,30)31/h16-17,19-23H,2-15,18H2,1H3. The summed E-state index contributed by atoms with van der Waals surface area (Å²) in [5, 5.41) is 0. The summed E-state index contributed by atoms with van der Waals surface area (Å²) in [4.78, 5) is 0. The molecular formula is C27H40F4O. The summed E-state index contributed by atoms with van der Waals surface area (Å²) in [6.45, 7) is 0.882. The highest BCUT2D eigenvalue weighted by atomic mass is 19.4. The van der Waals surface area contributed by atoms with E-state index in [0.29, 0.717) is 0 Å². The van der Waals surface area contributed by atoms with Gasteiger partial charge in [0.25, 0.3) is 0 Å². The quantitative estimate of drug-likeness (QED) is 0.252. The van der Waals surface area contributed by atoms with Gasteiger partial charge in [0.15, 0.2) is 0 Å². The molecule has 1 nitrogen and oxygen atoms in total. The molecule has 0 aromatic heterocycles. The van der Waals surface area contributed by atoms with Crippen LogP contribution in [0.2, 0.25) is 0 Å². The van der Waals surface area contributed by atoms with Gasteiger partial charge in [-0.1, -0.05) is 51.0 Å². The maximum Gasteiger partial charge on any atom is 0.419 e. The van der Waals surface area contributed by atoms with Crippen molar-refractivity contribution in [1.29, 1.82) is 0 Å². The normalized spacial score (nSPS) is 26.9. The summed E-state index contributed by atoms with van der Waals surface area (Å²) < 4.78 is 57.5. The Morgan fingerprint density at radius 1 is 0.812 bits per heavy atom. The maximum atomic E-state index is 14.0. The van der Waals surface area contributed by atoms with E-state index in [1.54, 1.807) is 7.11 Å². The highest BCUT2D eigenvalue weighted by molar-refractivity contribution is 5.29. The van der Waals surface area contributed by atoms with E-state index in [4.69, 9.17) is 4.74 Å². The number of unbranched alkanes of at least 4 members (excludes halogenated alkanes) is 4. The molecule has 0 heterocycles. The largest absolute Gasteiger partial charge is 0.419 e. The van der Waals surface area contributed by atoms with Crippen LogP contribution >= 0.6 is 0 Å². The third kappa shape index (κ3) is 7.46. The zero-order valence-corrected chi connectivity index (χ0v) is 19.6. The maximum absolute atomic E-state index is 14.0. The van der Waals surface area contributed by atoms with Gasteiger partial charge < -0.3 is 4.74 Å². The van der Waals surface area contributed by atoms with Crippen LogP contribution in [0.4, 0.5) is 17.6 Å². The number of methoxy groups -OCH3 is 1. The van der Waals surface area contributed by atoms with Crippen LogP contribution < -0.4 is 0 Å². The van der Waals surface area contributed by atoms with Gasteiger partial charge in [-0.25, -0.2) is 4.39 Å². The molecule has 0 saturated heterocycles. The Kier molecular flexibility index (Phi) is 9.88. The molecule has 0 atom stereocenters. The molecule has 0 unspecified atom stereocenters. The van der Waals surface area contributed by atoms with E-state index in [0.717, 1.165) is 67.7 Å². The summed E-state index contributed by atoms with van der Waals surface area (Å²) in [5.74, 6) is 1.52. The van der Waals surface area contributed by atoms with E-state index in [2.05, 4.69) is 0 Å². The van der Waals surface area contributed by atoms with Gasteiger partial charge in [-0.2, -0.15) is 13.2 Å². The number of hydrogen-bond acceptors (Lipinski definition) is 1. The highest BCUT2D eigenvalue weighted by Gasteiger charge is 2.35. The van der Waals surface area contributed by atoms with Crippen LogP contribution in [0, 0.1) is 23.6 Å². The van der Waals surface area contributed by atoms with E-state index in [1.807, 2.05) is 0 Å². The average molecular weight is 457 g/mol. The molecule has 2 aliphatic rings. The molecule has 0 spiro atoms. The van der Waals surface area contributed by atoms with Crippen LogP contribution in [0.3, 0.4) is 0 Å². The smallest absolute Gasteiger partial charge is 0.385 e. The number of ether oxygens (including phenoxy) is 1. The Hall–Kier alpha value is -1.10. The van der Waals surface area contributed by atoms with Gasteiger partial charge in [0.1, 0.15) is 5.82 Å². The van der Waals surface area contributed by atoms with Crippen LogP contribution in [0.5, 0.6) is 0 Å². The van der Waals surface area contributed by atoms with Crippen molar-refractivity contribution in [2.24, 2.45) is 17.8 Å². The Balaban J connectivity index is 1.35. The fourth-order valence-electron chi connectivity index (χ4n) is 6.10. The van der Waals surface area contributed by atoms with Crippen LogP contribution in [0.1, 0.15) is 107 Å². The molecule has 2 aliphatic carbocycles. The van der Waals surface area contributed by atoms with Gasteiger partial charge in [-0.05, 0) is 86.3 Å². The van der Waals surface area contributed by atoms with Crippen molar-refractivity contribution in [3.63, 3.8) is 0 Å². The zero-order chi connectivity index (χ0) is 23.0. The number of rotatable bonds is 10. The predicted octanol–water partition coefficient (Wildman–Crippen LogP) is 8.91. The van der Waals surface area contributed by atoms with Crippen molar-refractivity contribution >= 4 is 0 Å². The molecule has 2 fully saturated rings. The molecular weight excluding hydrogens is 416 g/mol. The molecule has 182 valence electrons. The molecule has 3 rings (SSSR count). The molecule has 32 heavy (non-hydrogen) atoms. The van der Waals surface area contributed by atoms with Gasteiger partial charge in [-0.3, -0.25) is 0 Å². The molecule has 0 amide bonds. The van der Waals surface area contributed by atoms with Crippen LogP contribution in [-0.4, -0.2) is 13.7 Å². The summed E-state index contributed by atoms with van der Waals surface area (Å²) in [6.07, 6.45) is 12.8. The number of benzene rings is 1. The highest BCUT2D eigenvalue weighted by Crippen LogP contribution is 2.45. The first-order valence-electron chi connectivity index (χ1n) is 12.7. The number of hydrogen-bond donors (Lipinski definition) is 0. The minimum Gasteiger partial charge on any atom is -0.385 e. The first-order chi connectivity index (χ1) is 15.4. The molecule has 0 aliphatic heterocycles. The summed E-state index contributed by atoms with van der Waals surface area (Å²) in [5.41, 5.74) is -0.419. The second-order valence-corrected chi connectivity index (χ2v) is 10.2. The minimum absolute atomic E-state index is 0.197. The van der Waals surface area contributed by atoms with E-state index in [9.17, 15) is 17.6 Å². The van der Waals surface area contributed by atoms with E-state index in [1.165, 1.54) is 70.3 Å². The van der Waals surface area contributed by atoms with Gasteiger partial charge in [0, 0.05) is 13.7 Å². The lowest BCUT2D eigenvalue weighted by Gasteiger charge is -2.38. The Labute approximate surface area is 191 Å². The summed E-state index contributed by atoms with van der Waals surface area (Å²) in [7, 11) is 1.77. The second kappa shape index (κ2) is 12.4. The molecule has 1 aromatic rings. The molecule has 0 N–H and O–H groups in total. The fourth-order valence-corrected chi connectivity index (χ4v) is 6.10. The van der Waals surface area contributed by atoms with E-state index in [-0.39, 0.29) is 5.92 Å². The van der Waals surface area contributed by atoms with Gasteiger partial charge >= 0.3 is 6.18 Å². The second-order valence-electron chi connectivity index (χ2n) is 10.2. The van der Waals surface area contributed by atoms with Crippen molar-refractivity contribution in [2.75, 3.05) is 13.7 Å². The monoisotopic (exact) mass is 456 g/mol. The van der Waals surface area contributed by atoms with Crippen molar-refractivity contribution < 1.29 is 22.3 Å². The summed E-state index contributed by atoms with van der Waals surface area (Å²) >= 11 is 0. The minimum atomic E-state index is -4.62. The van der Waals surface area contributed by atoms with E-state index < -0.39 is 17.6 Å². The number of alkyl halides is 3. The van der Waals surface area contributed by atoms with Crippen LogP contribution in [0.15, 0.2) is 18.2 Å². The lowest BCUT2D eigenvalue weighted by molar-refractivity contribution is -0.140. The zero-order valence-electron chi connectivity index (χ0n) is 19.6. The molecule has 0 radical (unpaired) electrons. The van der Waals surface area contributed by atoms with Gasteiger partial charge in [0.05, 0.1) is 5.56 Å².